The smallest absolute Gasteiger partial charge is 0.254 e. The summed E-state index contributed by atoms with van der Waals surface area (Å²) in [6.07, 6.45) is 3.72. The van der Waals surface area contributed by atoms with Crippen LogP contribution in [0.15, 0.2) is 12.1 Å². The number of hydrogen-bond donors (Lipinski definition) is 1. The number of aromatic nitrogens is 1. The van der Waals surface area contributed by atoms with Crippen LogP contribution in [0.3, 0.4) is 0 Å². The number of aryl methyl sites for hydroxylation is 1. The van der Waals surface area contributed by atoms with Crippen molar-refractivity contribution < 1.29 is 9.53 Å². The first-order valence-corrected chi connectivity index (χ1v) is 7.69. The fourth-order valence-corrected chi connectivity index (χ4v) is 2.67. The van der Waals surface area contributed by atoms with E-state index >= 15 is 0 Å². The van der Waals surface area contributed by atoms with Gasteiger partial charge in [-0.2, -0.15) is 0 Å². The van der Waals surface area contributed by atoms with E-state index < -0.39 is 0 Å². The van der Waals surface area contributed by atoms with E-state index in [1.54, 1.807) is 0 Å². The molecule has 2 rings (SSSR count). The van der Waals surface area contributed by atoms with Gasteiger partial charge in [0, 0.05) is 44.6 Å². The highest BCUT2D eigenvalue weighted by Crippen LogP contribution is 2.18. The summed E-state index contributed by atoms with van der Waals surface area (Å²) in [4.78, 5) is 19.0. The number of ether oxygens (including phenoxy) is 1. The topological polar surface area (TPSA) is 54.5 Å². The Bertz CT molecular complexity index is 484. The maximum Gasteiger partial charge on any atom is 0.254 e. The van der Waals surface area contributed by atoms with Crippen LogP contribution >= 0.6 is 0 Å². The van der Waals surface area contributed by atoms with Crippen LogP contribution in [0.1, 0.15) is 42.2 Å². The van der Waals surface area contributed by atoms with Crippen molar-refractivity contribution in [1.82, 2.24) is 9.88 Å². The number of pyridine rings is 1. The minimum atomic E-state index is 0.0677. The van der Waals surface area contributed by atoms with Crippen LogP contribution in [-0.4, -0.2) is 49.1 Å². The SMILES string of the molecule is CCCc1cc(C(=O)N(C)C2CCOCC2)cc(NC)n1. The zero-order valence-corrected chi connectivity index (χ0v) is 13.2. The van der Waals surface area contributed by atoms with Crippen LogP contribution < -0.4 is 5.32 Å². The van der Waals surface area contributed by atoms with Crippen molar-refractivity contribution in [2.75, 3.05) is 32.6 Å². The molecule has 1 aliphatic heterocycles. The van der Waals surface area contributed by atoms with E-state index in [-0.39, 0.29) is 11.9 Å². The third-order valence-electron chi connectivity index (χ3n) is 3.95. The third-order valence-corrected chi connectivity index (χ3v) is 3.95. The molecule has 1 aromatic rings. The molecular weight excluding hydrogens is 266 g/mol. The van der Waals surface area contributed by atoms with Gasteiger partial charge in [0.05, 0.1) is 0 Å². The van der Waals surface area contributed by atoms with E-state index in [4.69, 9.17) is 4.74 Å². The predicted octanol–water partition coefficient (Wildman–Crippen LogP) is 2.33. The summed E-state index contributed by atoms with van der Waals surface area (Å²) in [6.45, 7) is 3.59. The molecule has 1 aliphatic rings. The second-order valence-corrected chi connectivity index (χ2v) is 5.49. The molecule has 0 aromatic carbocycles. The van der Waals surface area contributed by atoms with Crippen molar-refractivity contribution >= 4 is 11.7 Å². The molecule has 2 heterocycles. The lowest BCUT2D eigenvalue weighted by Crippen LogP contribution is -2.40. The number of anilines is 1. The fourth-order valence-electron chi connectivity index (χ4n) is 2.67. The second-order valence-electron chi connectivity index (χ2n) is 5.49. The summed E-state index contributed by atoms with van der Waals surface area (Å²) < 4.78 is 5.36. The van der Waals surface area contributed by atoms with Crippen molar-refractivity contribution in [2.24, 2.45) is 0 Å². The average molecular weight is 291 g/mol. The van der Waals surface area contributed by atoms with Crippen LogP contribution in [0.4, 0.5) is 5.82 Å². The Kier molecular flexibility index (Phi) is 5.56. The van der Waals surface area contributed by atoms with Crippen LogP contribution in [0, 0.1) is 0 Å². The monoisotopic (exact) mass is 291 g/mol. The first kappa shape index (κ1) is 15.8. The lowest BCUT2D eigenvalue weighted by Gasteiger charge is -2.31. The van der Waals surface area contributed by atoms with Crippen molar-refractivity contribution in [3.63, 3.8) is 0 Å². The lowest BCUT2D eigenvalue weighted by molar-refractivity contribution is 0.0362. The molecule has 116 valence electrons. The van der Waals surface area contributed by atoms with Gasteiger partial charge in [0.1, 0.15) is 5.82 Å². The van der Waals surface area contributed by atoms with E-state index in [2.05, 4.69) is 17.2 Å². The Morgan fingerprint density at radius 2 is 2.14 bits per heavy atom. The van der Waals surface area contributed by atoms with Gasteiger partial charge in [-0.15, -0.1) is 0 Å². The Morgan fingerprint density at radius 3 is 2.76 bits per heavy atom. The molecular formula is C16H25N3O2. The molecule has 0 aliphatic carbocycles. The summed E-state index contributed by atoms with van der Waals surface area (Å²) >= 11 is 0. The first-order valence-electron chi connectivity index (χ1n) is 7.69. The third kappa shape index (κ3) is 3.94. The normalized spacial score (nSPS) is 15.8. The number of hydrogen-bond acceptors (Lipinski definition) is 4. The Balaban J connectivity index is 2.18. The Labute approximate surface area is 126 Å². The maximum atomic E-state index is 12.7. The Morgan fingerprint density at radius 1 is 1.43 bits per heavy atom. The summed E-state index contributed by atoms with van der Waals surface area (Å²) in [5, 5.41) is 3.04. The van der Waals surface area contributed by atoms with Gasteiger partial charge in [-0.1, -0.05) is 13.3 Å². The van der Waals surface area contributed by atoms with Gasteiger partial charge in [-0.05, 0) is 31.4 Å². The molecule has 0 radical (unpaired) electrons. The molecule has 1 fully saturated rings. The summed E-state index contributed by atoms with van der Waals surface area (Å²) in [6, 6.07) is 4.02. The van der Waals surface area contributed by atoms with Crippen LogP contribution in [-0.2, 0) is 11.2 Å². The molecule has 5 nitrogen and oxygen atoms in total. The van der Waals surface area contributed by atoms with Crippen molar-refractivity contribution in [2.45, 2.75) is 38.6 Å². The van der Waals surface area contributed by atoms with E-state index in [0.29, 0.717) is 5.56 Å². The number of amides is 1. The maximum absolute atomic E-state index is 12.7. The molecule has 1 saturated heterocycles. The standard InChI is InChI=1S/C16H25N3O2/c1-4-5-13-10-12(11-15(17-2)18-13)16(20)19(3)14-6-8-21-9-7-14/h10-11,14H,4-9H2,1-3H3,(H,17,18). The van der Waals surface area contributed by atoms with Gasteiger partial charge < -0.3 is 15.0 Å². The van der Waals surface area contributed by atoms with Crippen LogP contribution in [0.2, 0.25) is 0 Å². The largest absolute Gasteiger partial charge is 0.381 e. The minimum absolute atomic E-state index is 0.0677. The molecule has 1 aromatic heterocycles. The van der Waals surface area contributed by atoms with Gasteiger partial charge in [0.2, 0.25) is 0 Å². The van der Waals surface area contributed by atoms with E-state index in [9.17, 15) is 4.79 Å². The van der Waals surface area contributed by atoms with Gasteiger partial charge >= 0.3 is 0 Å². The fraction of sp³-hybridized carbons (Fsp3) is 0.625. The number of rotatable bonds is 5. The van der Waals surface area contributed by atoms with Gasteiger partial charge in [0.25, 0.3) is 5.91 Å². The lowest BCUT2D eigenvalue weighted by atomic mass is 10.1. The minimum Gasteiger partial charge on any atom is -0.381 e. The van der Waals surface area contributed by atoms with E-state index in [1.165, 1.54) is 0 Å². The molecule has 21 heavy (non-hydrogen) atoms. The number of carbonyl (C=O) groups excluding carboxylic acids is 1. The molecule has 0 unspecified atom stereocenters. The predicted molar refractivity (Wildman–Crippen MR) is 83.7 cm³/mol. The summed E-state index contributed by atoms with van der Waals surface area (Å²) in [5.74, 6) is 0.822. The first-order chi connectivity index (χ1) is 10.2. The molecule has 0 bridgehead atoms. The number of nitrogens with one attached hydrogen (secondary N) is 1. The van der Waals surface area contributed by atoms with E-state index in [0.717, 1.165) is 50.4 Å². The van der Waals surface area contributed by atoms with Crippen molar-refractivity contribution in [1.29, 1.82) is 0 Å². The highest BCUT2D eigenvalue weighted by molar-refractivity contribution is 5.95. The number of nitrogens with zero attached hydrogens (tertiary/aromatic N) is 2. The van der Waals surface area contributed by atoms with Gasteiger partial charge in [-0.3, -0.25) is 4.79 Å². The highest BCUT2D eigenvalue weighted by atomic mass is 16.5. The van der Waals surface area contributed by atoms with Crippen molar-refractivity contribution in [3.8, 4) is 0 Å². The average Bonchev–Trinajstić information content (AvgIpc) is 2.54. The van der Waals surface area contributed by atoms with Crippen LogP contribution in [0.5, 0.6) is 0 Å². The quantitative estimate of drug-likeness (QED) is 0.904. The zero-order valence-electron chi connectivity index (χ0n) is 13.2. The number of carbonyl (C=O) groups is 1. The van der Waals surface area contributed by atoms with Gasteiger partial charge in [-0.25, -0.2) is 4.98 Å². The molecule has 5 heteroatoms. The highest BCUT2D eigenvalue weighted by Gasteiger charge is 2.24. The summed E-state index contributed by atoms with van der Waals surface area (Å²) in [7, 11) is 3.71. The molecule has 1 amide bonds. The second kappa shape index (κ2) is 7.41. The molecule has 0 saturated carbocycles. The summed E-state index contributed by atoms with van der Waals surface area (Å²) in [5.41, 5.74) is 1.68. The molecule has 0 spiro atoms. The van der Waals surface area contributed by atoms with Crippen molar-refractivity contribution in [3.05, 3.63) is 23.4 Å². The zero-order chi connectivity index (χ0) is 15.2. The Hall–Kier alpha value is -1.62. The van der Waals surface area contributed by atoms with Crippen LogP contribution in [0.25, 0.3) is 0 Å². The van der Waals surface area contributed by atoms with E-state index in [1.807, 2.05) is 31.1 Å². The van der Waals surface area contributed by atoms with Gasteiger partial charge in [0.15, 0.2) is 0 Å². The molecule has 1 N–H and O–H groups in total. The molecule has 0 atom stereocenters.